The van der Waals surface area contributed by atoms with Crippen molar-refractivity contribution >= 4 is 23.6 Å². The van der Waals surface area contributed by atoms with Crippen LogP contribution in [0.15, 0.2) is 10.6 Å². The van der Waals surface area contributed by atoms with Crippen LogP contribution in [0.3, 0.4) is 0 Å². The molecule has 0 radical (unpaired) electrons. The first kappa shape index (κ1) is 19.9. The number of carbonyl (C=O) groups is 3. The summed E-state index contributed by atoms with van der Waals surface area (Å²) in [6, 6.07) is 1.56. The summed E-state index contributed by atoms with van der Waals surface area (Å²) < 4.78 is 10.1. The minimum absolute atomic E-state index is 0.0766. The number of hydrogen-bond donors (Lipinski definition) is 2. The molecule has 1 aliphatic rings. The Hall–Kier alpha value is -2.38. The minimum atomic E-state index is -0.847. The number of aryl methyl sites for hydroxylation is 1. The molecule has 0 spiro atoms. The lowest BCUT2D eigenvalue weighted by Gasteiger charge is -2.28. The van der Waals surface area contributed by atoms with Gasteiger partial charge >= 0.3 is 5.97 Å². The highest BCUT2D eigenvalue weighted by Crippen LogP contribution is 2.42. The van der Waals surface area contributed by atoms with Crippen LogP contribution in [0, 0.1) is 12.3 Å². The molecule has 1 fully saturated rings. The summed E-state index contributed by atoms with van der Waals surface area (Å²) in [5.74, 6) is -0.348. The number of anilines is 1. The quantitative estimate of drug-likeness (QED) is 0.749. The molecule has 1 aromatic heterocycles. The highest BCUT2D eigenvalue weighted by atomic mass is 16.5. The van der Waals surface area contributed by atoms with Crippen molar-refractivity contribution in [1.82, 2.24) is 10.5 Å². The summed E-state index contributed by atoms with van der Waals surface area (Å²) >= 11 is 0. The molecule has 8 heteroatoms. The van der Waals surface area contributed by atoms with Crippen LogP contribution in [-0.4, -0.2) is 35.1 Å². The first-order valence-corrected chi connectivity index (χ1v) is 8.81. The summed E-state index contributed by atoms with van der Waals surface area (Å²) in [5.41, 5.74) is -1.21. The van der Waals surface area contributed by atoms with Gasteiger partial charge in [0.2, 0.25) is 5.91 Å². The standard InChI is InChI=1S/C18H27N3O5/c1-12-9-13(21-26-12)19-15(23)11-25-16(24)18(7-5-6-8-18)10-14(22)20-17(2,3)4/h9H,5-8,10-11H2,1-4H3,(H,20,22)(H,19,21,23). The highest BCUT2D eigenvalue weighted by molar-refractivity contribution is 5.93. The molecule has 1 heterocycles. The van der Waals surface area contributed by atoms with Gasteiger partial charge in [0.05, 0.1) is 5.41 Å². The Morgan fingerprint density at radius 2 is 1.88 bits per heavy atom. The molecule has 2 N–H and O–H groups in total. The fourth-order valence-electron chi connectivity index (χ4n) is 3.16. The van der Waals surface area contributed by atoms with Crippen LogP contribution in [0.1, 0.15) is 58.6 Å². The van der Waals surface area contributed by atoms with Gasteiger partial charge in [-0.15, -0.1) is 0 Å². The number of ether oxygens (including phenoxy) is 1. The second-order valence-corrected chi connectivity index (χ2v) is 7.91. The number of amides is 2. The van der Waals surface area contributed by atoms with Gasteiger partial charge in [0.25, 0.3) is 5.91 Å². The van der Waals surface area contributed by atoms with Crippen LogP contribution in [0.4, 0.5) is 5.82 Å². The maximum Gasteiger partial charge on any atom is 0.313 e. The SMILES string of the molecule is Cc1cc(NC(=O)COC(=O)C2(CC(=O)NC(C)(C)C)CCCC2)no1. The predicted octanol–water partition coefficient (Wildman–Crippen LogP) is 2.33. The zero-order valence-corrected chi connectivity index (χ0v) is 15.8. The van der Waals surface area contributed by atoms with Crippen molar-refractivity contribution in [2.75, 3.05) is 11.9 Å². The van der Waals surface area contributed by atoms with Gasteiger partial charge in [-0.2, -0.15) is 0 Å². The van der Waals surface area contributed by atoms with Gasteiger partial charge in [0.15, 0.2) is 12.4 Å². The first-order valence-electron chi connectivity index (χ1n) is 8.81. The van der Waals surface area contributed by atoms with Crippen LogP contribution >= 0.6 is 0 Å². The summed E-state index contributed by atoms with van der Waals surface area (Å²) in [5, 5.41) is 9.02. The van der Waals surface area contributed by atoms with Crippen LogP contribution in [-0.2, 0) is 19.1 Å². The average Bonchev–Trinajstić information content (AvgIpc) is 3.13. The maximum atomic E-state index is 12.6. The van der Waals surface area contributed by atoms with Crippen molar-refractivity contribution in [2.45, 2.75) is 65.3 Å². The largest absolute Gasteiger partial charge is 0.455 e. The number of esters is 1. The first-order chi connectivity index (χ1) is 12.1. The number of rotatable bonds is 6. The van der Waals surface area contributed by atoms with Gasteiger partial charge in [-0.1, -0.05) is 18.0 Å². The molecule has 144 valence electrons. The normalized spacial score (nSPS) is 16.2. The summed E-state index contributed by atoms with van der Waals surface area (Å²) in [6.07, 6.45) is 2.98. The third-order valence-corrected chi connectivity index (χ3v) is 4.24. The maximum absolute atomic E-state index is 12.6. The van der Waals surface area contributed by atoms with E-state index in [2.05, 4.69) is 15.8 Å². The van der Waals surface area contributed by atoms with Crippen molar-refractivity contribution in [3.63, 3.8) is 0 Å². The monoisotopic (exact) mass is 365 g/mol. The molecule has 0 saturated heterocycles. The van der Waals surface area contributed by atoms with Crippen molar-refractivity contribution in [3.05, 3.63) is 11.8 Å². The highest BCUT2D eigenvalue weighted by Gasteiger charge is 2.44. The Bertz CT molecular complexity index is 669. The van der Waals surface area contributed by atoms with Crippen molar-refractivity contribution in [1.29, 1.82) is 0 Å². The van der Waals surface area contributed by atoms with Gasteiger partial charge in [0.1, 0.15) is 5.76 Å². The van der Waals surface area contributed by atoms with E-state index >= 15 is 0 Å². The second-order valence-electron chi connectivity index (χ2n) is 7.91. The van der Waals surface area contributed by atoms with E-state index in [9.17, 15) is 14.4 Å². The molecule has 1 saturated carbocycles. The molecular weight excluding hydrogens is 338 g/mol. The van der Waals surface area contributed by atoms with Gasteiger partial charge in [-0.3, -0.25) is 14.4 Å². The van der Waals surface area contributed by atoms with E-state index in [0.29, 0.717) is 18.6 Å². The lowest BCUT2D eigenvalue weighted by Crippen LogP contribution is -2.44. The molecule has 26 heavy (non-hydrogen) atoms. The Kier molecular flexibility index (Phi) is 6.05. The van der Waals surface area contributed by atoms with E-state index in [-0.39, 0.29) is 23.7 Å². The topological polar surface area (TPSA) is 111 Å². The second kappa shape index (κ2) is 7.88. The third-order valence-electron chi connectivity index (χ3n) is 4.24. The molecular formula is C18H27N3O5. The summed E-state index contributed by atoms with van der Waals surface area (Å²) in [4.78, 5) is 36.8. The molecule has 0 bridgehead atoms. The van der Waals surface area contributed by atoms with E-state index in [1.165, 1.54) is 0 Å². The van der Waals surface area contributed by atoms with E-state index < -0.39 is 23.9 Å². The molecule has 1 aromatic rings. The fraction of sp³-hybridized carbons (Fsp3) is 0.667. The van der Waals surface area contributed by atoms with Gasteiger partial charge in [-0.05, 0) is 40.5 Å². The Balaban J connectivity index is 1.91. The van der Waals surface area contributed by atoms with Crippen LogP contribution in [0.5, 0.6) is 0 Å². The summed E-state index contributed by atoms with van der Waals surface area (Å²) in [7, 11) is 0. The zero-order chi connectivity index (χ0) is 19.4. The van der Waals surface area contributed by atoms with E-state index in [0.717, 1.165) is 12.8 Å². The van der Waals surface area contributed by atoms with Crippen LogP contribution in [0.25, 0.3) is 0 Å². The van der Waals surface area contributed by atoms with Crippen molar-refractivity contribution < 1.29 is 23.6 Å². The fourth-order valence-corrected chi connectivity index (χ4v) is 3.16. The number of nitrogens with zero attached hydrogens (tertiary/aromatic N) is 1. The minimum Gasteiger partial charge on any atom is -0.455 e. The molecule has 0 unspecified atom stereocenters. The number of carbonyl (C=O) groups excluding carboxylic acids is 3. The lowest BCUT2D eigenvalue weighted by molar-refractivity contribution is -0.160. The lowest BCUT2D eigenvalue weighted by atomic mass is 9.82. The number of aromatic nitrogens is 1. The molecule has 8 nitrogen and oxygen atoms in total. The van der Waals surface area contributed by atoms with E-state index in [1.54, 1.807) is 13.0 Å². The predicted molar refractivity (Wildman–Crippen MR) is 94.2 cm³/mol. The molecule has 0 aliphatic heterocycles. The Morgan fingerprint density at radius 3 is 2.42 bits per heavy atom. The molecule has 0 atom stereocenters. The Morgan fingerprint density at radius 1 is 1.23 bits per heavy atom. The van der Waals surface area contributed by atoms with Crippen molar-refractivity contribution in [2.24, 2.45) is 5.41 Å². The smallest absolute Gasteiger partial charge is 0.313 e. The summed E-state index contributed by atoms with van der Waals surface area (Å²) in [6.45, 7) is 6.95. The van der Waals surface area contributed by atoms with Gasteiger partial charge < -0.3 is 19.9 Å². The molecule has 0 aromatic carbocycles. The van der Waals surface area contributed by atoms with Gasteiger partial charge in [0, 0.05) is 18.0 Å². The zero-order valence-electron chi connectivity index (χ0n) is 15.8. The average molecular weight is 365 g/mol. The van der Waals surface area contributed by atoms with Crippen molar-refractivity contribution in [3.8, 4) is 0 Å². The molecule has 2 rings (SSSR count). The van der Waals surface area contributed by atoms with Gasteiger partial charge in [-0.25, -0.2) is 0 Å². The van der Waals surface area contributed by atoms with Crippen LogP contribution < -0.4 is 10.6 Å². The number of hydrogen-bond acceptors (Lipinski definition) is 6. The van der Waals surface area contributed by atoms with E-state index in [4.69, 9.17) is 9.26 Å². The van der Waals surface area contributed by atoms with E-state index in [1.807, 2.05) is 20.8 Å². The Labute approximate surface area is 153 Å². The third kappa shape index (κ3) is 5.57. The molecule has 1 aliphatic carbocycles. The van der Waals surface area contributed by atoms with Crippen LogP contribution in [0.2, 0.25) is 0 Å². The molecule has 2 amide bonds. The number of nitrogens with one attached hydrogen (secondary N) is 2.